The van der Waals surface area contributed by atoms with Crippen LogP contribution in [0, 0.1) is 0 Å². The lowest BCUT2D eigenvalue weighted by atomic mass is 10.1. The summed E-state index contributed by atoms with van der Waals surface area (Å²) in [6.07, 6.45) is 7.33. The van der Waals surface area contributed by atoms with E-state index in [1.54, 1.807) is 6.21 Å². The van der Waals surface area contributed by atoms with Gasteiger partial charge < -0.3 is 0 Å². The van der Waals surface area contributed by atoms with Crippen LogP contribution in [-0.4, -0.2) is 18.2 Å². The van der Waals surface area contributed by atoms with Crippen LogP contribution >= 0.6 is 0 Å². The van der Waals surface area contributed by atoms with Gasteiger partial charge in [-0.25, -0.2) is 0 Å². The summed E-state index contributed by atoms with van der Waals surface area (Å²) in [5, 5.41) is 0. The highest BCUT2D eigenvalue weighted by atomic mass is 16.1. The Kier molecular flexibility index (Phi) is 1.28. The molecule has 2 rings (SSSR count). The summed E-state index contributed by atoms with van der Waals surface area (Å²) in [7, 11) is 0. The smallest absolute Gasteiger partial charge is 0.199 e. The first-order chi connectivity index (χ1) is 5.36. The lowest BCUT2D eigenvalue weighted by Gasteiger charge is -2.08. The Hall–Kier alpha value is -1.51. The molecule has 0 aliphatic carbocycles. The minimum Gasteiger partial charge on any atom is -0.288 e. The summed E-state index contributed by atoms with van der Waals surface area (Å²) >= 11 is 0. The second kappa shape index (κ2) is 2.27. The molecule has 2 aliphatic heterocycles. The summed E-state index contributed by atoms with van der Waals surface area (Å²) in [5.41, 5.74) is 1.50. The normalized spacial score (nSPS) is 20.9. The molecule has 0 fully saturated rings. The van der Waals surface area contributed by atoms with E-state index < -0.39 is 0 Å². The second-order valence-corrected chi connectivity index (χ2v) is 2.33. The molecule has 0 aromatic heterocycles. The molecule has 0 unspecified atom stereocenters. The van der Waals surface area contributed by atoms with Gasteiger partial charge in [-0.05, 0) is 0 Å². The molecule has 0 radical (unpaired) electrons. The minimum absolute atomic E-state index is 0.0869. The molecule has 0 amide bonds. The monoisotopic (exact) mass is 146 g/mol. The van der Waals surface area contributed by atoms with Crippen LogP contribution in [-0.2, 0) is 4.79 Å². The van der Waals surface area contributed by atoms with Gasteiger partial charge >= 0.3 is 0 Å². The number of ketones is 1. The van der Waals surface area contributed by atoms with E-state index in [0.717, 1.165) is 12.1 Å². The molecule has 2 aliphatic rings. The molecule has 0 atom stereocenters. The number of hydrogen-bond acceptors (Lipinski definition) is 3. The molecule has 3 nitrogen and oxygen atoms in total. The van der Waals surface area contributed by atoms with E-state index >= 15 is 0 Å². The summed E-state index contributed by atoms with van der Waals surface area (Å²) in [6.45, 7) is 0. The van der Waals surface area contributed by atoms with E-state index in [4.69, 9.17) is 0 Å². The third-order valence-electron chi connectivity index (χ3n) is 1.52. The average molecular weight is 146 g/mol. The Morgan fingerprint density at radius 3 is 3.09 bits per heavy atom. The Labute approximate surface area is 63.9 Å². The Morgan fingerprint density at radius 2 is 2.18 bits per heavy atom. The Morgan fingerprint density at radius 1 is 1.27 bits per heavy atom. The van der Waals surface area contributed by atoms with Crippen molar-refractivity contribution >= 4 is 18.2 Å². The number of carbonyl (C=O) groups is 1. The standard InChI is InChI=1S/C8H6N2O/c11-6-4-8-7(10-5-6)2-1-3-9-8/h2-5H,1H2. The number of dihydropyridines is 2. The molecular formula is C8H6N2O. The fourth-order valence-electron chi connectivity index (χ4n) is 1.02. The predicted molar refractivity (Wildman–Crippen MR) is 42.8 cm³/mol. The second-order valence-electron chi connectivity index (χ2n) is 2.33. The molecule has 0 bridgehead atoms. The van der Waals surface area contributed by atoms with Crippen molar-refractivity contribution in [1.82, 2.24) is 0 Å². The Bertz CT molecular complexity index is 321. The molecule has 0 N–H and O–H groups in total. The van der Waals surface area contributed by atoms with Gasteiger partial charge in [-0.15, -0.1) is 0 Å². The van der Waals surface area contributed by atoms with Gasteiger partial charge in [-0.3, -0.25) is 14.8 Å². The van der Waals surface area contributed by atoms with Crippen LogP contribution in [0.25, 0.3) is 0 Å². The zero-order valence-electron chi connectivity index (χ0n) is 5.82. The van der Waals surface area contributed by atoms with Gasteiger partial charge in [0, 0.05) is 18.7 Å². The highest BCUT2D eigenvalue weighted by molar-refractivity contribution is 6.34. The van der Waals surface area contributed by atoms with E-state index in [2.05, 4.69) is 9.98 Å². The molecule has 0 aromatic rings. The number of allylic oxidation sites excluding steroid dienone is 2. The van der Waals surface area contributed by atoms with Gasteiger partial charge in [0.15, 0.2) is 5.78 Å². The molecule has 3 heteroatoms. The Balaban J connectivity index is 2.44. The molecule has 2 heterocycles. The van der Waals surface area contributed by atoms with Crippen molar-refractivity contribution in [2.75, 3.05) is 0 Å². The maximum absolute atomic E-state index is 10.8. The van der Waals surface area contributed by atoms with Gasteiger partial charge in [0.2, 0.25) is 0 Å². The van der Waals surface area contributed by atoms with E-state index in [1.165, 1.54) is 12.3 Å². The molecule has 0 saturated carbocycles. The molecular weight excluding hydrogens is 140 g/mol. The van der Waals surface area contributed by atoms with Crippen molar-refractivity contribution in [2.24, 2.45) is 9.98 Å². The third-order valence-corrected chi connectivity index (χ3v) is 1.52. The van der Waals surface area contributed by atoms with Gasteiger partial charge in [0.1, 0.15) is 0 Å². The SMILES string of the molecule is O=C1C=NC2=CCC=NC2=C1. The quantitative estimate of drug-likeness (QED) is 0.500. The van der Waals surface area contributed by atoms with Crippen LogP contribution < -0.4 is 0 Å². The predicted octanol–water partition coefficient (Wildman–Crippen LogP) is 0.882. The number of carbonyl (C=O) groups excluding carboxylic acids is 1. The number of fused-ring (bicyclic) bond motifs is 1. The molecule has 11 heavy (non-hydrogen) atoms. The lowest BCUT2D eigenvalue weighted by Crippen LogP contribution is -2.05. The molecule has 0 spiro atoms. The van der Waals surface area contributed by atoms with Crippen LogP contribution in [0.4, 0.5) is 0 Å². The zero-order chi connectivity index (χ0) is 7.68. The first kappa shape index (κ1) is 6.22. The highest BCUT2D eigenvalue weighted by Gasteiger charge is 2.11. The van der Waals surface area contributed by atoms with Crippen molar-refractivity contribution in [1.29, 1.82) is 0 Å². The third kappa shape index (κ3) is 1.05. The largest absolute Gasteiger partial charge is 0.288 e. The van der Waals surface area contributed by atoms with Gasteiger partial charge in [0.05, 0.1) is 17.6 Å². The minimum atomic E-state index is -0.0869. The van der Waals surface area contributed by atoms with Crippen molar-refractivity contribution in [3.05, 3.63) is 23.5 Å². The van der Waals surface area contributed by atoms with Crippen molar-refractivity contribution in [2.45, 2.75) is 6.42 Å². The molecule has 0 aromatic carbocycles. The lowest BCUT2D eigenvalue weighted by molar-refractivity contribution is -0.108. The van der Waals surface area contributed by atoms with Gasteiger partial charge in [-0.2, -0.15) is 0 Å². The van der Waals surface area contributed by atoms with E-state index in [1.807, 2.05) is 6.08 Å². The highest BCUT2D eigenvalue weighted by Crippen LogP contribution is 2.19. The summed E-state index contributed by atoms with van der Waals surface area (Å²) < 4.78 is 0. The topological polar surface area (TPSA) is 41.8 Å². The number of nitrogens with zero attached hydrogens (tertiary/aromatic N) is 2. The van der Waals surface area contributed by atoms with Crippen LogP contribution in [0.1, 0.15) is 6.42 Å². The average Bonchev–Trinajstić information content (AvgIpc) is 2.04. The summed E-state index contributed by atoms with van der Waals surface area (Å²) in [4.78, 5) is 18.8. The van der Waals surface area contributed by atoms with Crippen LogP contribution in [0.3, 0.4) is 0 Å². The molecule has 54 valence electrons. The van der Waals surface area contributed by atoms with E-state index in [9.17, 15) is 4.79 Å². The number of hydrogen-bond donors (Lipinski definition) is 0. The van der Waals surface area contributed by atoms with Crippen molar-refractivity contribution in [3.8, 4) is 0 Å². The summed E-state index contributed by atoms with van der Waals surface area (Å²) in [6, 6.07) is 0. The molecule has 0 saturated heterocycles. The van der Waals surface area contributed by atoms with Crippen molar-refractivity contribution in [3.63, 3.8) is 0 Å². The fourth-order valence-corrected chi connectivity index (χ4v) is 1.02. The van der Waals surface area contributed by atoms with Crippen LogP contribution in [0.15, 0.2) is 33.5 Å². The maximum Gasteiger partial charge on any atom is 0.199 e. The van der Waals surface area contributed by atoms with Crippen LogP contribution in [0.5, 0.6) is 0 Å². The number of aliphatic imine (C=N–C) groups is 2. The van der Waals surface area contributed by atoms with E-state index in [0.29, 0.717) is 5.70 Å². The number of rotatable bonds is 0. The van der Waals surface area contributed by atoms with Gasteiger partial charge in [-0.1, -0.05) is 6.08 Å². The van der Waals surface area contributed by atoms with Crippen molar-refractivity contribution < 1.29 is 4.79 Å². The first-order valence-corrected chi connectivity index (χ1v) is 3.39. The zero-order valence-corrected chi connectivity index (χ0v) is 5.82. The van der Waals surface area contributed by atoms with E-state index in [-0.39, 0.29) is 5.78 Å². The first-order valence-electron chi connectivity index (χ1n) is 3.39. The van der Waals surface area contributed by atoms with Gasteiger partial charge in [0.25, 0.3) is 0 Å². The summed E-state index contributed by atoms with van der Waals surface area (Å²) in [5.74, 6) is -0.0869. The maximum atomic E-state index is 10.8. The van der Waals surface area contributed by atoms with Crippen LogP contribution in [0.2, 0.25) is 0 Å². The fraction of sp³-hybridized carbons (Fsp3) is 0.125.